The van der Waals surface area contributed by atoms with Gasteiger partial charge in [-0.2, -0.15) is 0 Å². The predicted octanol–water partition coefficient (Wildman–Crippen LogP) is 2.22. The molecule has 1 aromatic rings. The van der Waals surface area contributed by atoms with Crippen molar-refractivity contribution < 1.29 is 14.3 Å². The van der Waals surface area contributed by atoms with Gasteiger partial charge in [0.05, 0.1) is 6.61 Å². The molecule has 0 amide bonds. The minimum Gasteiger partial charge on any atom is -0.463 e. The first-order valence-electron chi connectivity index (χ1n) is 5.10. The van der Waals surface area contributed by atoms with E-state index < -0.39 is 5.97 Å². The summed E-state index contributed by atoms with van der Waals surface area (Å²) in [5.41, 5.74) is 1.10. The molecule has 1 rings (SSSR count). The first-order valence-corrected chi connectivity index (χ1v) is 5.10. The van der Waals surface area contributed by atoms with Gasteiger partial charge in [-0.3, -0.25) is 4.79 Å². The summed E-state index contributed by atoms with van der Waals surface area (Å²) < 4.78 is 4.78. The molecule has 0 N–H and O–H groups in total. The molecule has 0 bridgehead atoms. The molecule has 0 aliphatic carbocycles. The molecule has 1 aromatic carbocycles. The molecule has 0 atom stereocenters. The summed E-state index contributed by atoms with van der Waals surface area (Å²) in [6, 6.07) is 9.05. The van der Waals surface area contributed by atoms with Gasteiger partial charge in [-0.15, -0.1) is 0 Å². The maximum absolute atomic E-state index is 11.4. The molecule has 0 saturated carbocycles. The Hall–Kier alpha value is -1.90. The first kappa shape index (κ1) is 12.2. The number of ketones is 1. The molecule has 0 radical (unpaired) electrons. The van der Waals surface area contributed by atoms with Crippen molar-refractivity contribution in [3.8, 4) is 0 Å². The fourth-order valence-electron chi connectivity index (χ4n) is 1.31. The quantitative estimate of drug-likeness (QED) is 0.575. The van der Waals surface area contributed by atoms with Crippen LogP contribution in [0.1, 0.15) is 19.4 Å². The molecule has 84 valence electrons. The number of ether oxygens (including phenoxy) is 1. The van der Waals surface area contributed by atoms with Crippen LogP contribution in [0.25, 0.3) is 5.57 Å². The van der Waals surface area contributed by atoms with Gasteiger partial charge in [0.15, 0.2) is 5.78 Å². The molecule has 3 heteroatoms. The van der Waals surface area contributed by atoms with Crippen molar-refractivity contribution in [2.24, 2.45) is 0 Å². The molecular weight excluding hydrogens is 204 g/mol. The minimum atomic E-state index is -0.489. The Morgan fingerprint density at radius 2 is 1.88 bits per heavy atom. The van der Waals surface area contributed by atoms with Crippen molar-refractivity contribution in [1.82, 2.24) is 0 Å². The molecule has 0 aliphatic heterocycles. The van der Waals surface area contributed by atoms with Crippen molar-refractivity contribution in [3.63, 3.8) is 0 Å². The molecular formula is C13H14O3. The molecule has 3 nitrogen and oxygen atoms in total. The van der Waals surface area contributed by atoms with Gasteiger partial charge in [0.25, 0.3) is 0 Å². The van der Waals surface area contributed by atoms with Crippen molar-refractivity contribution in [1.29, 1.82) is 0 Å². The number of allylic oxidation sites excluding steroid dienone is 1. The first-order chi connectivity index (χ1) is 7.65. The van der Waals surface area contributed by atoms with Crippen molar-refractivity contribution in [2.75, 3.05) is 6.61 Å². The van der Waals surface area contributed by atoms with Crippen LogP contribution in [0.2, 0.25) is 0 Å². The lowest BCUT2D eigenvalue weighted by molar-refractivity contribution is -0.137. The van der Waals surface area contributed by atoms with Gasteiger partial charge in [-0.05, 0) is 19.4 Å². The van der Waals surface area contributed by atoms with E-state index in [0.29, 0.717) is 12.2 Å². The normalized spacial score (nSPS) is 11.0. The Bertz CT molecular complexity index is 404. The van der Waals surface area contributed by atoms with Crippen molar-refractivity contribution in [3.05, 3.63) is 42.0 Å². The largest absolute Gasteiger partial charge is 0.463 e. The van der Waals surface area contributed by atoms with Crippen LogP contribution < -0.4 is 0 Å². The molecule has 0 aliphatic rings. The highest BCUT2D eigenvalue weighted by Crippen LogP contribution is 2.14. The Balaban J connectivity index is 3.01. The summed E-state index contributed by atoms with van der Waals surface area (Å²) in [6.07, 6.45) is 1.24. The number of benzene rings is 1. The molecule has 0 fully saturated rings. The number of rotatable bonds is 4. The van der Waals surface area contributed by atoms with Crippen LogP contribution in [0.3, 0.4) is 0 Å². The molecule has 0 saturated heterocycles. The summed E-state index contributed by atoms with van der Waals surface area (Å²) in [4.78, 5) is 22.7. The summed E-state index contributed by atoms with van der Waals surface area (Å²) in [5.74, 6) is -0.643. The number of hydrogen-bond donors (Lipinski definition) is 0. The van der Waals surface area contributed by atoms with Gasteiger partial charge in [0.1, 0.15) is 0 Å². The third-order valence-corrected chi connectivity index (χ3v) is 2.01. The van der Waals surface area contributed by atoms with Crippen LogP contribution in [-0.2, 0) is 14.3 Å². The lowest BCUT2D eigenvalue weighted by Crippen LogP contribution is -2.04. The van der Waals surface area contributed by atoms with Gasteiger partial charge in [-0.1, -0.05) is 30.3 Å². The molecule has 0 spiro atoms. The fourth-order valence-corrected chi connectivity index (χ4v) is 1.31. The summed E-state index contributed by atoms with van der Waals surface area (Å²) in [6.45, 7) is 3.45. The van der Waals surface area contributed by atoms with E-state index >= 15 is 0 Å². The topological polar surface area (TPSA) is 43.4 Å². The SMILES string of the molecule is CCOC(=O)/C=C(/C(C)=O)c1ccccc1. The van der Waals surface area contributed by atoms with Crippen LogP contribution in [0.4, 0.5) is 0 Å². The monoisotopic (exact) mass is 218 g/mol. The number of esters is 1. The molecule has 0 aromatic heterocycles. The summed E-state index contributed by atoms with van der Waals surface area (Å²) >= 11 is 0. The van der Waals surface area contributed by atoms with Crippen molar-refractivity contribution >= 4 is 17.3 Å². The van der Waals surface area contributed by atoms with Crippen molar-refractivity contribution in [2.45, 2.75) is 13.8 Å². The van der Waals surface area contributed by atoms with E-state index in [2.05, 4.69) is 0 Å². The standard InChI is InChI=1S/C13H14O3/c1-3-16-13(15)9-12(10(2)14)11-7-5-4-6-8-11/h4-9H,3H2,1-2H3/b12-9-. The van der Waals surface area contributed by atoms with E-state index in [0.717, 1.165) is 5.56 Å². The second-order valence-corrected chi connectivity index (χ2v) is 3.23. The van der Waals surface area contributed by atoms with Gasteiger partial charge in [-0.25, -0.2) is 4.79 Å². The van der Waals surface area contributed by atoms with E-state index in [-0.39, 0.29) is 5.78 Å². The Labute approximate surface area is 94.7 Å². The number of carbonyl (C=O) groups excluding carboxylic acids is 2. The third kappa shape index (κ3) is 3.35. The zero-order chi connectivity index (χ0) is 12.0. The van der Waals surface area contributed by atoms with Gasteiger partial charge in [0, 0.05) is 11.6 Å². The highest BCUT2D eigenvalue weighted by molar-refractivity contribution is 6.23. The zero-order valence-corrected chi connectivity index (χ0v) is 9.40. The van der Waals surface area contributed by atoms with Crippen LogP contribution >= 0.6 is 0 Å². The second-order valence-electron chi connectivity index (χ2n) is 3.23. The number of hydrogen-bond acceptors (Lipinski definition) is 3. The van der Waals surface area contributed by atoms with E-state index in [1.807, 2.05) is 18.2 Å². The van der Waals surface area contributed by atoms with E-state index in [9.17, 15) is 9.59 Å². The van der Waals surface area contributed by atoms with Crippen LogP contribution in [0, 0.1) is 0 Å². The van der Waals surface area contributed by atoms with Crippen LogP contribution in [0.5, 0.6) is 0 Å². The molecule has 0 heterocycles. The van der Waals surface area contributed by atoms with Gasteiger partial charge >= 0.3 is 5.97 Å². The zero-order valence-electron chi connectivity index (χ0n) is 9.40. The van der Waals surface area contributed by atoms with Gasteiger partial charge < -0.3 is 4.74 Å². The smallest absolute Gasteiger partial charge is 0.331 e. The van der Waals surface area contributed by atoms with E-state index in [1.54, 1.807) is 19.1 Å². The number of carbonyl (C=O) groups is 2. The third-order valence-electron chi connectivity index (χ3n) is 2.01. The average Bonchev–Trinajstić information content (AvgIpc) is 2.27. The lowest BCUT2D eigenvalue weighted by atomic mass is 10.0. The number of Topliss-reactive ketones (excluding diaryl/α,β-unsaturated/α-hetero) is 1. The van der Waals surface area contributed by atoms with E-state index in [1.165, 1.54) is 13.0 Å². The lowest BCUT2D eigenvalue weighted by Gasteiger charge is -2.03. The predicted molar refractivity (Wildman–Crippen MR) is 61.7 cm³/mol. The Kier molecular flexibility index (Phi) is 4.45. The highest BCUT2D eigenvalue weighted by Gasteiger charge is 2.09. The average molecular weight is 218 g/mol. The minimum absolute atomic E-state index is 0.153. The molecule has 0 unspecified atom stereocenters. The van der Waals surface area contributed by atoms with Crippen LogP contribution in [0.15, 0.2) is 36.4 Å². The Morgan fingerprint density at radius 3 is 2.38 bits per heavy atom. The second kappa shape index (κ2) is 5.85. The highest BCUT2D eigenvalue weighted by atomic mass is 16.5. The molecule has 16 heavy (non-hydrogen) atoms. The van der Waals surface area contributed by atoms with E-state index in [4.69, 9.17) is 4.74 Å². The maximum atomic E-state index is 11.4. The van der Waals surface area contributed by atoms with Crippen LogP contribution in [-0.4, -0.2) is 18.4 Å². The maximum Gasteiger partial charge on any atom is 0.331 e. The Morgan fingerprint density at radius 1 is 1.25 bits per heavy atom. The summed E-state index contributed by atoms with van der Waals surface area (Å²) in [7, 11) is 0. The van der Waals surface area contributed by atoms with Gasteiger partial charge in [0.2, 0.25) is 0 Å². The summed E-state index contributed by atoms with van der Waals surface area (Å²) in [5, 5.41) is 0. The fraction of sp³-hybridized carbons (Fsp3) is 0.231.